The first-order valence-electron chi connectivity index (χ1n) is 7.38. The summed E-state index contributed by atoms with van der Waals surface area (Å²) in [6.45, 7) is 3.68. The summed E-state index contributed by atoms with van der Waals surface area (Å²) in [6, 6.07) is 12.6. The van der Waals surface area contributed by atoms with Crippen molar-refractivity contribution in [2.45, 2.75) is 32.6 Å². The summed E-state index contributed by atoms with van der Waals surface area (Å²) in [6.07, 6.45) is -0.650. The summed E-state index contributed by atoms with van der Waals surface area (Å²) < 4.78 is 31.7. The lowest BCUT2D eigenvalue weighted by Crippen LogP contribution is -2.36. The van der Waals surface area contributed by atoms with E-state index in [2.05, 4.69) is 5.32 Å². The van der Waals surface area contributed by atoms with Crippen LogP contribution in [0.3, 0.4) is 0 Å². The van der Waals surface area contributed by atoms with E-state index in [1.165, 1.54) is 6.07 Å². The van der Waals surface area contributed by atoms with Crippen LogP contribution < -0.4 is 5.32 Å². The molecule has 2 atom stereocenters. The van der Waals surface area contributed by atoms with Crippen LogP contribution in [0.25, 0.3) is 0 Å². The largest absolute Gasteiger partial charge is 0.364 e. The second kappa shape index (κ2) is 7.83. The molecule has 0 bridgehead atoms. The minimum Gasteiger partial charge on any atom is -0.364 e. The predicted molar refractivity (Wildman–Crippen MR) is 83.6 cm³/mol. The van der Waals surface area contributed by atoms with Crippen LogP contribution >= 0.6 is 0 Å². The first-order chi connectivity index (χ1) is 11.0. The lowest BCUT2D eigenvalue weighted by atomic mass is 10.1. The third-order valence-corrected chi connectivity index (χ3v) is 3.51. The molecule has 0 unspecified atom stereocenters. The number of ether oxygens (including phenoxy) is 1. The van der Waals surface area contributed by atoms with E-state index in [-0.39, 0.29) is 5.91 Å². The molecule has 122 valence electrons. The van der Waals surface area contributed by atoms with Gasteiger partial charge in [-0.15, -0.1) is 0 Å². The molecule has 0 saturated heterocycles. The summed E-state index contributed by atoms with van der Waals surface area (Å²) in [7, 11) is 0. The Morgan fingerprint density at radius 1 is 1.09 bits per heavy atom. The average Bonchev–Trinajstić information content (AvgIpc) is 2.55. The Balaban J connectivity index is 1.88. The van der Waals surface area contributed by atoms with Crippen molar-refractivity contribution in [1.82, 2.24) is 5.32 Å². The third kappa shape index (κ3) is 4.86. The van der Waals surface area contributed by atoms with E-state index in [1.54, 1.807) is 13.8 Å². The molecule has 2 aromatic carbocycles. The zero-order chi connectivity index (χ0) is 16.8. The van der Waals surface area contributed by atoms with Crippen molar-refractivity contribution in [3.8, 4) is 0 Å². The van der Waals surface area contributed by atoms with Crippen LogP contribution in [0, 0.1) is 11.6 Å². The van der Waals surface area contributed by atoms with Gasteiger partial charge in [-0.25, -0.2) is 8.78 Å². The fraction of sp³-hybridized carbons (Fsp3) is 0.278. The molecule has 5 heteroatoms. The molecule has 1 amide bonds. The molecular formula is C18H19F2NO2. The number of amides is 1. The molecule has 0 aliphatic carbocycles. The van der Waals surface area contributed by atoms with Crippen LogP contribution in [0.15, 0.2) is 48.5 Å². The van der Waals surface area contributed by atoms with Gasteiger partial charge in [0, 0.05) is 0 Å². The highest BCUT2D eigenvalue weighted by molar-refractivity contribution is 5.80. The van der Waals surface area contributed by atoms with E-state index < -0.39 is 23.8 Å². The van der Waals surface area contributed by atoms with Crippen LogP contribution in [0.4, 0.5) is 8.78 Å². The summed E-state index contributed by atoms with van der Waals surface area (Å²) in [5.74, 6) is -2.15. The summed E-state index contributed by atoms with van der Waals surface area (Å²) in [4.78, 5) is 12.1. The van der Waals surface area contributed by atoms with E-state index in [9.17, 15) is 13.6 Å². The molecule has 0 fully saturated rings. The quantitative estimate of drug-likeness (QED) is 0.880. The lowest BCUT2D eigenvalue weighted by Gasteiger charge is -2.18. The summed E-state index contributed by atoms with van der Waals surface area (Å²) >= 11 is 0. The van der Waals surface area contributed by atoms with Crippen LogP contribution in [-0.2, 0) is 16.1 Å². The number of carbonyl (C=O) groups excluding carboxylic acids is 1. The zero-order valence-electron chi connectivity index (χ0n) is 13.1. The average molecular weight is 319 g/mol. The van der Waals surface area contributed by atoms with Crippen LogP contribution in [0.2, 0.25) is 0 Å². The Bertz CT molecular complexity index is 661. The monoisotopic (exact) mass is 319 g/mol. The topological polar surface area (TPSA) is 38.3 Å². The van der Waals surface area contributed by atoms with Gasteiger partial charge in [0.05, 0.1) is 12.6 Å². The highest BCUT2D eigenvalue weighted by atomic mass is 19.2. The molecule has 0 saturated carbocycles. The lowest BCUT2D eigenvalue weighted by molar-refractivity contribution is -0.133. The normalized spacial score (nSPS) is 13.4. The van der Waals surface area contributed by atoms with E-state index >= 15 is 0 Å². The predicted octanol–water partition coefficient (Wildman–Crippen LogP) is 3.75. The SMILES string of the molecule is C[C@H](OCc1ccccc1)C(=O)N[C@@H](C)c1ccc(F)c(F)c1. The summed E-state index contributed by atoms with van der Waals surface area (Å²) in [5.41, 5.74) is 1.47. The highest BCUT2D eigenvalue weighted by Gasteiger charge is 2.17. The molecule has 0 radical (unpaired) electrons. The standard InChI is InChI=1S/C18H19F2NO2/c1-12(15-8-9-16(19)17(20)10-15)21-18(22)13(2)23-11-14-6-4-3-5-7-14/h3-10,12-13H,11H2,1-2H3,(H,21,22)/t12-,13-/m0/s1. The first-order valence-corrected chi connectivity index (χ1v) is 7.38. The van der Waals surface area contributed by atoms with Crippen LogP contribution in [-0.4, -0.2) is 12.0 Å². The fourth-order valence-corrected chi connectivity index (χ4v) is 2.07. The maximum Gasteiger partial charge on any atom is 0.249 e. The molecule has 0 spiro atoms. The van der Waals surface area contributed by atoms with E-state index in [1.807, 2.05) is 30.3 Å². The Labute approximate surface area is 134 Å². The van der Waals surface area contributed by atoms with Gasteiger partial charge in [0.15, 0.2) is 11.6 Å². The molecule has 0 aromatic heterocycles. The minimum atomic E-state index is -0.933. The number of hydrogen-bond donors (Lipinski definition) is 1. The van der Waals surface area contributed by atoms with Gasteiger partial charge in [-0.1, -0.05) is 36.4 Å². The minimum absolute atomic E-state index is 0.307. The summed E-state index contributed by atoms with van der Waals surface area (Å²) in [5, 5.41) is 2.73. The molecule has 2 aromatic rings. The van der Waals surface area contributed by atoms with Gasteiger partial charge in [0.25, 0.3) is 0 Å². The van der Waals surface area contributed by atoms with Crippen LogP contribution in [0.5, 0.6) is 0 Å². The van der Waals surface area contributed by atoms with Crippen LogP contribution in [0.1, 0.15) is 31.0 Å². The molecular weight excluding hydrogens is 300 g/mol. The maximum atomic E-state index is 13.2. The molecule has 23 heavy (non-hydrogen) atoms. The van der Waals surface area contributed by atoms with Gasteiger partial charge in [-0.2, -0.15) is 0 Å². The second-order valence-corrected chi connectivity index (χ2v) is 5.34. The van der Waals surface area contributed by atoms with E-state index in [0.717, 1.165) is 17.7 Å². The Morgan fingerprint density at radius 2 is 1.78 bits per heavy atom. The zero-order valence-corrected chi connectivity index (χ0v) is 13.1. The first kappa shape index (κ1) is 17.1. The van der Waals surface area contributed by atoms with Gasteiger partial charge in [0.1, 0.15) is 6.10 Å². The highest BCUT2D eigenvalue weighted by Crippen LogP contribution is 2.16. The molecule has 0 heterocycles. The Morgan fingerprint density at radius 3 is 2.43 bits per heavy atom. The second-order valence-electron chi connectivity index (χ2n) is 5.34. The van der Waals surface area contributed by atoms with Crippen molar-refractivity contribution in [2.75, 3.05) is 0 Å². The van der Waals surface area contributed by atoms with Crippen molar-refractivity contribution in [3.63, 3.8) is 0 Å². The molecule has 0 aliphatic heterocycles. The number of nitrogens with one attached hydrogen (secondary N) is 1. The van der Waals surface area contributed by atoms with Crippen molar-refractivity contribution < 1.29 is 18.3 Å². The fourth-order valence-electron chi connectivity index (χ4n) is 2.07. The van der Waals surface area contributed by atoms with Crippen molar-refractivity contribution in [1.29, 1.82) is 0 Å². The Hall–Kier alpha value is -2.27. The smallest absolute Gasteiger partial charge is 0.249 e. The molecule has 0 aliphatic rings. The van der Waals surface area contributed by atoms with E-state index in [0.29, 0.717) is 12.2 Å². The number of hydrogen-bond acceptors (Lipinski definition) is 2. The van der Waals surface area contributed by atoms with Gasteiger partial charge in [-0.3, -0.25) is 4.79 Å². The maximum absolute atomic E-state index is 13.2. The van der Waals surface area contributed by atoms with Crippen molar-refractivity contribution >= 4 is 5.91 Å². The number of benzene rings is 2. The Kier molecular flexibility index (Phi) is 5.82. The van der Waals surface area contributed by atoms with Gasteiger partial charge >= 0.3 is 0 Å². The van der Waals surface area contributed by atoms with Gasteiger partial charge in [-0.05, 0) is 37.1 Å². The number of rotatable bonds is 6. The number of carbonyl (C=O) groups is 1. The molecule has 2 rings (SSSR count). The molecule has 3 nitrogen and oxygen atoms in total. The van der Waals surface area contributed by atoms with Crippen molar-refractivity contribution in [2.24, 2.45) is 0 Å². The van der Waals surface area contributed by atoms with Gasteiger partial charge in [0.2, 0.25) is 5.91 Å². The number of halogens is 2. The molecule has 1 N–H and O–H groups in total. The van der Waals surface area contributed by atoms with Crippen molar-refractivity contribution in [3.05, 3.63) is 71.3 Å². The third-order valence-electron chi connectivity index (χ3n) is 3.51. The van der Waals surface area contributed by atoms with Gasteiger partial charge < -0.3 is 10.1 Å². The van der Waals surface area contributed by atoms with E-state index in [4.69, 9.17) is 4.74 Å².